The number of rotatable bonds is 27. The van der Waals surface area contributed by atoms with E-state index in [9.17, 15) is 28.8 Å². The van der Waals surface area contributed by atoms with Gasteiger partial charge < -0.3 is 70.4 Å². The van der Waals surface area contributed by atoms with E-state index in [1.807, 2.05) is 51.3 Å². The third-order valence-corrected chi connectivity index (χ3v) is 14.8. The van der Waals surface area contributed by atoms with Gasteiger partial charge in [-0.2, -0.15) is 0 Å². The van der Waals surface area contributed by atoms with Gasteiger partial charge in [0, 0.05) is 84.6 Å². The molecule has 0 saturated heterocycles. The minimum absolute atomic E-state index is 0.0531. The van der Waals surface area contributed by atoms with E-state index in [4.69, 9.17) is 33.2 Å². The summed E-state index contributed by atoms with van der Waals surface area (Å²) in [7, 11) is 0. The zero-order valence-corrected chi connectivity index (χ0v) is 55.1. The van der Waals surface area contributed by atoms with E-state index in [-0.39, 0.29) is 192 Å². The maximum Gasteiger partial charge on any atom is 0.407 e. The fourth-order valence-electron chi connectivity index (χ4n) is 9.72. The Hall–Kier alpha value is -7.53. The maximum atomic E-state index is 15.1. The Labute approximate surface area is 533 Å². The second kappa shape index (κ2) is 39.6. The molecule has 0 aliphatic carbocycles. The lowest BCUT2D eigenvalue weighted by molar-refractivity contribution is 0.0524. The molecule has 7 N–H and O–H groups in total. The molecular formula is C67H103N9O14. The Kier molecular flexibility index (Phi) is 32.2. The average Bonchev–Trinajstić information content (AvgIpc) is 0.870. The van der Waals surface area contributed by atoms with Crippen molar-refractivity contribution in [2.75, 3.05) is 118 Å². The van der Waals surface area contributed by atoms with Gasteiger partial charge in [-0.1, -0.05) is 80.1 Å². The summed E-state index contributed by atoms with van der Waals surface area (Å²) in [6.45, 7) is 20.6. The number of amides is 7. The van der Waals surface area contributed by atoms with Gasteiger partial charge in [0.1, 0.15) is 5.60 Å². The molecule has 90 heavy (non-hydrogen) atoms. The Bertz CT molecular complexity index is 2680. The van der Waals surface area contributed by atoms with Gasteiger partial charge in [0.2, 0.25) is 0 Å². The molecule has 23 nitrogen and oxygen atoms in total. The van der Waals surface area contributed by atoms with Crippen LogP contribution in [0.15, 0.2) is 36.4 Å². The second-order valence-corrected chi connectivity index (χ2v) is 23.5. The number of carbonyl (C=O) groups is 7. The molecule has 0 spiro atoms. The standard InChI is InChI=1S/C67H103N9O14/c1-10-16-40-84-54-48-22-24-50(56(54)86-42-18-12-3)63(80)71-33-38-76-39-34-72-64(81)51-25-23-49(55(85-41-17-11-2)57(51)87-43-19-13-4)61(78)69-31-36-75(35-30-68-60(48)77)37-32-70-62(79)52-26-27-53(59(89-45-21-15-6)58(52)88-44-20-14-5)65(82)74-47(46-76)28-29-73-66(83)90-67(7,8)9/h22-27,47H,10-21,28-46H2,1-9H3,(H,68,77)(H,69,78)(H,70,79)(H,71,80)(H,72,81)(H,73,83)(H,74,82)/t47-/m0/s1. The molecule has 12 aliphatic rings. The highest BCUT2D eigenvalue weighted by Crippen LogP contribution is 2.39. The quantitative estimate of drug-likeness (QED) is 0.0353. The summed E-state index contributed by atoms with van der Waals surface area (Å²) in [5.41, 5.74) is 0.147. The Morgan fingerprint density at radius 2 is 0.678 bits per heavy atom. The number of unbranched alkanes of at least 4 members (excludes halogenated alkanes) is 6. The molecule has 8 bridgehead atoms. The van der Waals surface area contributed by atoms with Crippen LogP contribution >= 0.6 is 0 Å². The normalized spacial score (nSPS) is 17.5. The van der Waals surface area contributed by atoms with E-state index in [0.717, 1.165) is 38.5 Å². The third kappa shape index (κ3) is 23.7. The number of benzene rings is 3. The molecule has 0 saturated carbocycles. The summed E-state index contributed by atoms with van der Waals surface area (Å²) in [6.07, 6.45) is 8.27. The van der Waals surface area contributed by atoms with Gasteiger partial charge >= 0.3 is 6.09 Å². The van der Waals surface area contributed by atoms with Gasteiger partial charge in [-0.25, -0.2) is 4.79 Å². The molecule has 12 aliphatic heterocycles. The summed E-state index contributed by atoms with van der Waals surface area (Å²) < 4.78 is 44.0. The van der Waals surface area contributed by atoms with Crippen LogP contribution in [-0.4, -0.2) is 181 Å². The molecule has 1 atom stereocenters. The number of carbonyl (C=O) groups excluding carboxylic acids is 7. The summed E-state index contributed by atoms with van der Waals surface area (Å²) in [4.78, 5) is 105. The van der Waals surface area contributed by atoms with Crippen molar-refractivity contribution in [3.63, 3.8) is 0 Å². The smallest absolute Gasteiger partial charge is 0.407 e. The molecule has 3 aromatic carbocycles. The molecule has 7 amide bonds. The molecule has 0 radical (unpaired) electrons. The van der Waals surface area contributed by atoms with Crippen molar-refractivity contribution in [3.8, 4) is 34.5 Å². The van der Waals surface area contributed by atoms with Crippen molar-refractivity contribution < 1.29 is 66.7 Å². The van der Waals surface area contributed by atoms with Crippen molar-refractivity contribution in [2.24, 2.45) is 0 Å². The number of ether oxygens (including phenoxy) is 7. The Morgan fingerprint density at radius 3 is 0.933 bits per heavy atom. The first-order chi connectivity index (χ1) is 43.5. The summed E-state index contributed by atoms with van der Waals surface area (Å²) >= 11 is 0. The second-order valence-electron chi connectivity index (χ2n) is 23.5. The van der Waals surface area contributed by atoms with Crippen LogP contribution in [0.5, 0.6) is 34.5 Å². The number of nitrogens with zero attached hydrogens (tertiary/aromatic N) is 2. The summed E-state index contributed by atoms with van der Waals surface area (Å²) in [6, 6.07) is 8.59. The van der Waals surface area contributed by atoms with Crippen LogP contribution in [0.3, 0.4) is 0 Å². The Balaban J connectivity index is 1.74. The highest BCUT2D eigenvalue weighted by molar-refractivity contribution is 6.05. The van der Waals surface area contributed by atoms with Crippen LogP contribution in [0.4, 0.5) is 4.79 Å². The van der Waals surface area contributed by atoms with E-state index >= 15 is 4.79 Å². The van der Waals surface area contributed by atoms with Crippen LogP contribution < -0.4 is 65.6 Å². The predicted molar refractivity (Wildman–Crippen MR) is 346 cm³/mol. The lowest BCUT2D eigenvalue weighted by Gasteiger charge is -2.29. The maximum absolute atomic E-state index is 15.1. The van der Waals surface area contributed by atoms with E-state index in [0.29, 0.717) is 38.5 Å². The van der Waals surface area contributed by atoms with Gasteiger partial charge in [0.25, 0.3) is 35.4 Å². The van der Waals surface area contributed by atoms with Crippen molar-refractivity contribution in [3.05, 3.63) is 69.8 Å². The molecule has 500 valence electrons. The average molecular weight is 1260 g/mol. The number of alkyl carbamates (subject to hydrolysis) is 1. The van der Waals surface area contributed by atoms with Gasteiger partial charge in [0.05, 0.1) is 73.0 Å². The molecule has 0 aromatic heterocycles. The molecule has 3 aromatic rings. The van der Waals surface area contributed by atoms with Crippen LogP contribution in [0.1, 0.15) is 208 Å². The van der Waals surface area contributed by atoms with E-state index < -0.39 is 53.2 Å². The lowest BCUT2D eigenvalue weighted by atomic mass is 10.1. The molecule has 15 rings (SSSR count). The summed E-state index contributed by atoms with van der Waals surface area (Å²) in [5.74, 6) is -2.16. The van der Waals surface area contributed by atoms with E-state index in [2.05, 4.69) is 37.2 Å². The highest BCUT2D eigenvalue weighted by atomic mass is 16.6. The minimum Gasteiger partial charge on any atom is -0.489 e. The van der Waals surface area contributed by atoms with Gasteiger partial charge in [-0.3, -0.25) is 38.6 Å². The fourth-order valence-corrected chi connectivity index (χ4v) is 9.72. The largest absolute Gasteiger partial charge is 0.489 e. The van der Waals surface area contributed by atoms with Gasteiger partial charge in [0.15, 0.2) is 34.5 Å². The van der Waals surface area contributed by atoms with E-state index in [1.54, 1.807) is 57.2 Å². The molecule has 0 fully saturated rings. The van der Waals surface area contributed by atoms with Crippen LogP contribution in [-0.2, 0) is 4.74 Å². The molecule has 12 heterocycles. The SMILES string of the molecule is CCCCOc1c2ccc(c1OCCCC)C(=O)NCCN1CCNC(=O)c3ccc(c(OCCCC)c3OCCCC)C(=O)NCCN(CCNC2=O)CCNC(=O)c2ccc(c(OCCCC)c2OCCCC)C(=O)N[C@@H](CCNC(=O)OC(C)(C)C)C1. The van der Waals surface area contributed by atoms with Crippen molar-refractivity contribution in [1.82, 2.24) is 47.0 Å². The van der Waals surface area contributed by atoms with Gasteiger partial charge in [-0.05, 0) is 102 Å². The Morgan fingerprint density at radius 1 is 0.422 bits per heavy atom. The summed E-state index contributed by atoms with van der Waals surface area (Å²) in [5, 5.41) is 21.3. The first-order valence-electron chi connectivity index (χ1n) is 32.9. The monoisotopic (exact) mass is 1260 g/mol. The predicted octanol–water partition coefficient (Wildman–Crippen LogP) is 8.45. The van der Waals surface area contributed by atoms with Gasteiger partial charge in [-0.15, -0.1) is 0 Å². The van der Waals surface area contributed by atoms with Crippen LogP contribution in [0, 0.1) is 0 Å². The number of hydrogen-bond acceptors (Lipinski definition) is 16. The minimum atomic E-state index is -0.786. The topological polar surface area (TPSA) is 275 Å². The number of hydrogen-bond donors (Lipinski definition) is 7. The van der Waals surface area contributed by atoms with Crippen molar-refractivity contribution in [2.45, 2.75) is 157 Å². The zero-order valence-electron chi connectivity index (χ0n) is 55.1. The van der Waals surface area contributed by atoms with Crippen LogP contribution in [0.2, 0.25) is 0 Å². The molecule has 23 heteroatoms. The molecular weight excluding hydrogens is 1150 g/mol. The zero-order chi connectivity index (χ0) is 65.3. The molecule has 0 unspecified atom stereocenters. The lowest BCUT2D eigenvalue weighted by Crippen LogP contribution is -2.49. The van der Waals surface area contributed by atoms with Crippen molar-refractivity contribution >= 4 is 41.5 Å². The van der Waals surface area contributed by atoms with Crippen LogP contribution in [0.25, 0.3) is 0 Å². The first kappa shape index (κ1) is 73.2. The number of nitrogens with one attached hydrogen (secondary N) is 7. The van der Waals surface area contributed by atoms with E-state index in [1.165, 1.54) is 0 Å². The first-order valence-corrected chi connectivity index (χ1v) is 32.9. The highest BCUT2D eigenvalue weighted by Gasteiger charge is 2.31. The van der Waals surface area contributed by atoms with Crippen molar-refractivity contribution in [1.29, 1.82) is 0 Å². The third-order valence-electron chi connectivity index (χ3n) is 14.8. The fraction of sp³-hybridized carbons (Fsp3) is 0.627.